The largest absolute Gasteiger partial charge is 0.336 e. The highest BCUT2D eigenvalue weighted by atomic mass is 35.5. The third kappa shape index (κ3) is 3.08. The number of fused-ring (bicyclic) bond motifs is 1. The van der Waals surface area contributed by atoms with Crippen molar-refractivity contribution in [2.45, 2.75) is 31.6 Å². The van der Waals surface area contributed by atoms with E-state index in [1.54, 1.807) is 6.07 Å². The maximum absolute atomic E-state index is 12.8. The van der Waals surface area contributed by atoms with Crippen LogP contribution in [0.25, 0.3) is 11.1 Å². The van der Waals surface area contributed by atoms with Crippen molar-refractivity contribution in [3.8, 4) is 0 Å². The standard InChI is InChI=1S/C14H20N4O3S.ClH/c1-3-12-11-6-10(7-16-13(11)21-17-12)22(19,20)18-5-4-14(2,8-15)9-18;/h6-7H,3-5,8-9,15H2,1-2H3;1H. The summed E-state index contributed by atoms with van der Waals surface area (Å²) in [5.41, 5.74) is 6.68. The number of pyridine rings is 1. The van der Waals surface area contributed by atoms with Crippen molar-refractivity contribution < 1.29 is 12.9 Å². The van der Waals surface area contributed by atoms with Gasteiger partial charge in [-0.15, -0.1) is 12.4 Å². The first-order chi connectivity index (χ1) is 10.4. The normalized spacial score (nSPS) is 22.4. The second kappa shape index (κ2) is 6.35. The smallest absolute Gasteiger partial charge is 0.258 e. The Bertz CT molecular complexity index is 807. The van der Waals surface area contributed by atoms with Gasteiger partial charge in [-0.3, -0.25) is 0 Å². The second-order valence-corrected chi connectivity index (χ2v) is 8.05. The number of hydrogen-bond donors (Lipinski definition) is 1. The number of aromatic nitrogens is 2. The van der Waals surface area contributed by atoms with Gasteiger partial charge < -0.3 is 10.3 Å². The monoisotopic (exact) mass is 360 g/mol. The summed E-state index contributed by atoms with van der Waals surface area (Å²) in [6.45, 7) is 5.35. The van der Waals surface area contributed by atoms with E-state index in [-0.39, 0.29) is 22.7 Å². The summed E-state index contributed by atoms with van der Waals surface area (Å²) in [5, 5.41) is 4.57. The van der Waals surface area contributed by atoms with Gasteiger partial charge in [0.25, 0.3) is 5.71 Å². The maximum atomic E-state index is 12.8. The van der Waals surface area contributed by atoms with Gasteiger partial charge >= 0.3 is 0 Å². The molecule has 1 atom stereocenters. The highest BCUT2D eigenvalue weighted by Gasteiger charge is 2.39. The van der Waals surface area contributed by atoms with Crippen LogP contribution in [0.5, 0.6) is 0 Å². The number of aryl methyl sites for hydroxylation is 1. The summed E-state index contributed by atoms with van der Waals surface area (Å²) in [6.07, 6.45) is 2.76. The zero-order valence-corrected chi connectivity index (χ0v) is 14.8. The van der Waals surface area contributed by atoms with Crippen molar-refractivity contribution >= 4 is 33.5 Å². The van der Waals surface area contributed by atoms with Gasteiger partial charge in [-0.2, -0.15) is 4.31 Å². The highest BCUT2D eigenvalue weighted by Crippen LogP contribution is 2.33. The molecule has 1 unspecified atom stereocenters. The SMILES string of the molecule is CCc1noc2ncc(S(=O)(=O)N3CCC(C)(CN)C3)cc12.Cl. The third-order valence-corrected chi connectivity index (χ3v) is 6.18. The summed E-state index contributed by atoms with van der Waals surface area (Å²) in [4.78, 5) is 4.26. The Kier molecular flexibility index (Phi) is 5.00. The highest BCUT2D eigenvalue weighted by molar-refractivity contribution is 7.89. The van der Waals surface area contributed by atoms with Crippen molar-refractivity contribution in [3.63, 3.8) is 0 Å². The fourth-order valence-corrected chi connectivity index (χ4v) is 4.32. The average molecular weight is 361 g/mol. The molecule has 0 bridgehead atoms. The van der Waals surface area contributed by atoms with E-state index in [1.165, 1.54) is 10.5 Å². The minimum absolute atomic E-state index is 0. The molecule has 1 aliphatic heterocycles. The first-order valence-electron chi connectivity index (χ1n) is 7.34. The summed E-state index contributed by atoms with van der Waals surface area (Å²) in [5.74, 6) is 0. The minimum atomic E-state index is -3.57. The Labute approximate surface area is 141 Å². The fourth-order valence-electron chi connectivity index (χ4n) is 2.76. The Morgan fingerprint density at radius 2 is 2.22 bits per heavy atom. The van der Waals surface area contributed by atoms with E-state index in [0.29, 0.717) is 42.8 Å². The van der Waals surface area contributed by atoms with E-state index in [2.05, 4.69) is 10.1 Å². The first kappa shape index (κ1) is 18.1. The van der Waals surface area contributed by atoms with E-state index in [4.69, 9.17) is 10.3 Å². The molecule has 1 aliphatic rings. The van der Waals surface area contributed by atoms with E-state index < -0.39 is 10.0 Å². The van der Waals surface area contributed by atoms with E-state index >= 15 is 0 Å². The van der Waals surface area contributed by atoms with Crippen LogP contribution in [-0.4, -0.2) is 42.5 Å². The molecular formula is C14H21ClN4O3S. The Balaban J connectivity index is 0.00000192. The lowest BCUT2D eigenvalue weighted by Gasteiger charge is -2.22. The first-order valence-corrected chi connectivity index (χ1v) is 8.78. The van der Waals surface area contributed by atoms with Crippen LogP contribution in [0.15, 0.2) is 21.7 Å². The number of sulfonamides is 1. The second-order valence-electron chi connectivity index (χ2n) is 6.11. The van der Waals surface area contributed by atoms with Gasteiger partial charge in [-0.25, -0.2) is 13.4 Å². The van der Waals surface area contributed by atoms with Crippen molar-refractivity contribution in [2.75, 3.05) is 19.6 Å². The van der Waals surface area contributed by atoms with Crippen molar-refractivity contribution in [3.05, 3.63) is 18.0 Å². The molecule has 0 aromatic carbocycles. The predicted octanol–water partition coefficient (Wildman–Crippen LogP) is 1.57. The molecule has 1 fully saturated rings. The fraction of sp³-hybridized carbons (Fsp3) is 0.571. The summed E-state index contributed by atoms with van der Waals surface area (Å²) < 4.78 is 32.2. The number of nitrogens with two attached hydrogens (primary N) is 1. The molecule has 3 rings (SSSR count). The van der Waals surface area contributed by atoms with Gasteiger partial charge in [-0.1, -0.05) is 19.0 Å². The maximum Gasteiger partial charge on any atom is 0.258 e. The average Bonchev–Trinajstić information content (AvgIpc) is 3.11. The van der Waals surface area contributed by atoms with Crippen LogP contribution in [0.3, 0.4) is 0 Å². The molecule has 1 saturated heterocycles. The molecule has 2 aromatic heterocycles. The molecule has 7 nitrogen and oxygen atoms in total. The zero-order chi connectivity index (χ0) is 16.0. The molecule has 0 spiro atoms. The lowest BCUT2D eigenvalue weighted by atomic mass is 9.90. The van der Waals surface area contributed by atoms with Crippen LogP contribution in [0.4, 0.5) is 0 Å². The molecule has 128 valence electrons. The molecule has 0 saturated carbocycles. The number of halogens is 1. The summed E-state index contributed by atoms with van der Waals surface area (Å²) in [6, 6.07) is 1.60. The molecule has 23 heavy (non-hydrogen) atoms. The van der Waals surface area contributed by atoms with Crippen LogP contribution < -0.4 is 5.73 Å². The molecular weight excluding hydrogens is 340 g/mol. The lowest BCUT2D eigenvalue weighted by Crippen LogP contribution is -2.34. The topological polar surface area (TPSA) is 102 Å². The summed E-state index contributed by atoms with van der Waals surface area (Å²) >= 11 is 0. The minimum Gasteiger partial charge on any atom is -0.336 e. The molecule has 0 aliphatic carbocycles. The van der Waals surface area contributed by atoms with Crippen LogP contribution in [0, 0.1) is 5.41 Å². The van der Waals surface area contributed by atoms with Crippen molar-refractivity contribution in [2.24, 2.45) is 11.1 Å². The molecule has 3 heterocycles. The van der Waals surface area contributed by atoms with E-state index in [9.17, 15) is 8.42 Å². The van der Waals surface area contributed by atoms with Gasteiger partial charge in [0.1, 0.15) is 4.90 Å². The van der Waals surface area contributed by atoms with E-state index in [0.717, 1.165) is 6.42 Å². The summed E-state index contributed by atoms with van der Waals surface area (Å²) in [7, 11) is -3.57. The van der Waals surface area contributed by atoms with Gasteiger partial charge in [0.15, 0.2) is 0 Å². The van der Waals surface area contributed by atoms with Crippen LogP contribution in [-0.2, 0) is 16.4 Å². The number of rotatable bonds is 4. The van der Waals surface area contributed by atoms with Gasteiger partial charge in [0, 0.05) is 13.1 Å². The van der Waals surface area contributed by atoms with Crippen molar-refractivity contribution in [1.82, 2.24) is 14.4 Å². The quantitative estimate of drug-likeness (QED) is 0.887. The van der Waals surface area contributed by atoms with Gasteiger partial charge in [0.2, 0.25) is 10.0 Å². The van der Waals surface area contributed by atoms with Gasteiger partial charge in [0.05, 0.1) is 17.3 Å². The van der Waals surface area contributed by atoms with Crippen LogP contribution in [0.2, 0.25) is 0 Å². The molecule has 2 aromatic rings. The molecule has 0 amide bonds. The van der Waals surface area contributed by atoms with Crippen LogP contribution >= 0.6 is 12.4 Å². The number of nitrogens with zero attached hydrogens (tertiary/aromatic N) is 3. The third-order valence-electron chi connectivity index (χ3n) is 4.37. The lowest BCUT2D eigenvalue weighted by molar-refractivity contribution is 0.349. The van der Waals surface area contributed by atoms with Crippen LogP contribution in [0.1, 0.15) is 26.0 Å². The van der Waals surface area contributed by atoms with E-state index in [1.807, 2.05) is 13.8 Å². The molecule has 9 heteroatoms. The Morgan fingerprint density at radius 1 is 1.48 bits per heavy atom. The molecule has 0 radical (unpaired) electrons. The zero-order valence-electron chi connectivity index (χ0n) is 13.2. The van der Waals surface area contributed by atoms with Gasteiger partial charge in [-0.05, 0) is 30.9 Å². The molecule has 2 N–H and O–H groups in total. The Hall–Kier alpha value is -1.22. The van der Waals surface area contributed by atoms with Crippen molar-refractivity contribution in [1.29, 1.82) is 0 Å². The number of hydrogen-bond acceptors (Lipinski definition) is 6. The Morgan fingerprint density at radius 3 is 2.83 bits per heavy atom. The predicted molar refractivity (Wildman–Crippen MR) is 89.0 cm³/mol.